The first-order valence-electron chi connectivity index (χ1n) is 7.46. The summed E-state index contributed by atoms with van der Waals surface area (Å²) in [7, 11) is 1.72. The molecule has 0 aliphatic carbocycles. The lowest BCUT2D eigenvalue weighted by Gasteiger charge is -2.25. The smallest absolute Gasteiger partial charge is 0.242 e. The molecule has 0 spiro atoms. The highest BCUT2D eigenvalue weighted by Crippen LogP contribution is 2.19. The Morgan fingerprint density at radius 3 is 2.61 bits per heavy atom. The molecule has 2 aromatic rings. The number of carbonyl (C=O) groups is 1. The Hall–Kier alpha value is -2.40. The SMILES string of the molecule is CC(c1ccc(F)cc1)N(C)C(=O)CNc1cccc(CO)c1. The Labute approximate surface area is 135 Å². The number of amides is 1. The summed E-state index contributed by atoms with van der Waals surface area (Å²) in [5.74, 6) is -0.364. The predicted molar refractivity (Wildman–Crippen MR) is 88.4 cm³/mol. The first kappa shape index (κ1) is 17.0. The Morgan fingerprint density at radius 1 is 1.26 bits per heavy atom. The van der Waals surface area contributed by atoms with E-state index in [2.05, 4.69) is 5.32 Å². The largest absolute Gasteiger partial charge is 0.392 e. The molecule has 0 aliphatic rings. The van der Waals surface area contributed by atoms with E-state index < -0.39 is 0 Å². The van der Waals surface area contributed by atoms with Crippen LogP contribution in [0.25, 0.3) is 0 Å². The molecule has 2 N–H and O–H groups in total. The monoisotopic (exact) mass is 316 g/mol. The normalized spacial score (nSPS) is 11.8. The Bertz CT molecular complexity index is 658. The van der Waals surface area contributed by atoms with Crippen molar-refractivity contribution in [1.82, 2.24) is 4.90 Å². The molecule has 0 aromatic heterocycles. The van der Waals surface area contributed by atoms with Crippen LogP contribution in [-0.4, -0.2) is 29.5 Å². The lowest BCUT2D eigenvalue weighted by atomic mass is 10.1. The first-order valence-corrected chi connectivity index (χ1v) is 7.46. The number of aliphatic hydroxyl groups excluding tert-OH is 1. The molecule has 2 aromatic carbocycles. The number of anilines is 1. The van der Waals surface area contributed by atoms with Crippen molar-refractivity contribution in [1.29, 1.82) is 0 Å². The fourth-order valence-corrected chi connectivity index (χ4v) is 2.26. The summed E-state index contributed by atoms with van der Waals surface area (Å²) in [6.45, 7) is 2.01. The fourth-order valence-electron chi connectivity index (χ4n) is 2.26. The second-order valence-corrected chi connectivity index (χ2v) is 5.44. The van der Waals surface area contributed by atoms with Gasteiger partial charge in [0, 0.05) is 12.7 Å². The van der Waals surface area contributed by atoms with E-state index in [0.717, 1.165) is 16.8 Å². The zero-order valence-electron chi connectivity index (χ0n) is 13.3. The van der Waals surface area contributed by atoms with Crippen LogP contribution in [0.1, 0.15) is 24.1 Å². The van der Waals surface area contributed by atoms with Crippen LogP contribution < -0.4 is 5.32 Å². The van der Waals surface area contributed by atoms with Gasteiger partial charge >= 0.3 is 0 Å². The van der Waals surface area contributed by atoms with Crippen molar-refractivity contribution < 1.29 is 14.3 Å². The molecule has 4 nitrogen and oxygen atoms in total. The minimum atomic E-state index is -0.291. The van der Waals surface area contributed by atoms with Gasteiger partial charge in [-0.25, -0.2) is 4.39 Å². The summed E-state index contributed by atoms with van der Waals surface area (Å²) < 4.78 is 13.0. The van der Waals surface area contributed by atoms with Crippen LogP contribution in [0.2, 0.25) is 0 Å². The van der Waals surface area contributed by atoms with Gasteiger partial charge in [0.15, 0.2) is 0 Å². The average Bonchev–Trinajstić information content (AvgIpc) is 2.59. The molecule has 0 heterocycles. The maximum Gasteiger partial charge on any atom is 0.242 e. The van der Waals surface area contributed by atoms with Crippen LogP contribution >= 0.6 is 0 Å². The van der Waals surface area contributed by atoms with E-state index in [1.54, 1.807) is 30.1 Å². The third-order valence-corrected chi connectivity index (χ3v) is 3.88. The molecule has 0 aliphatic heterocycles. The Morgan fingerprint density at radius 2 is 1.96 bits per heavy atom. The molecule has 1 amide bonds. The lowest BCUT2D eigenvalue weighted by molar-refractivity contribution is -0.129. The van der Waals surface area contributed by atoms with Gasteiger partial charge in [0.25, 0.3) is 0 Å². The van der Waals surface area contributed by atoms with E-state index in [1.165, 1.54) is 12.1 Å². The maximum atomic E-state index is 13.0. The van der Waals surface area contributed by atoms with E-state index in [9.17, 15) is 9.18 Å². The highest BCUT2D eigenvalue weighted by molar-refractivity contribution is 5.81. The molecular formula is C18H21FN2O2. The van der Waals surface area contributed by atoms with Gasteiger partial charge < -0.3 is 15.3 Å². The van der Waals surface area contributed by atoms with E-state index in [4.69, 9.17) is 5.11 Å². The molecule has 0 fully saturated rings. The van der Waals surface area contributed by atoms with Crippen molar-refractivity contribution >= 4 is 11.6 Å². The van der Waals surface area contributed by atoms with Crippen LogP contribution in [0.5, 0.6) is 0 Å². The first-order chi connectivity index (χ1) is 11.0. The number of hydrogen-bond acceptors (Lipinski definition) is 3. The second-order valence-electron chi connectivity index (χ2n) is 5.44. The summed E-state index contributed by atoms with van der Waals surface area (Å²) in [6.07, 6.45) is 0. The van der Waals surface area contributed by atoms with E-state index in [-0.39, 0.29) is 30.9 Å². The van der Waals surface area contributed by atoms with Gasteiger partial charge in [0.1, 0.15) is 5.82 Å². The zero-order valence-corrected chi connectivity index (χ0v) is 13.3. The maximum absolute atomic E-state index is 13.0. The third-order valence-electron chi connectivity index (χ3n) is 3.88. The molecule has 1 unspecified atom stereocenters. The lowest BCUT2D eigenvalue weighted by Crippen LogP contribution is -2.34. The van der Waals surface area contributed by atoms with Gasteiger partial charge in [0.2, 0.25) is 5.91 Å². The van der Waals surface area contributed by atoms with Crippen LogP contribution in [0.15, 0.2) is 48.5 Å². The highest BCUT2D eigenvalue weighted by Gasteiger charge is 2.17. The standard InChI is InChI=1S/C18H21FN2O2/c1-13(15-6-8-16(19)9-7-15)21(2)18(23)11-20-17-5-3-4-14(10-17)12-22/h3-10,13,20,22H,11-12H2,1-2H3. The Balaban J connectivity index is 1.95. The quantitative estimate of drug-likeness (QED) is 0.861. The zero-order chi connectivity index (χ0) is 16.8. The van der Waals surface area contributed by atoms with Gasteiger partial charge in [-0.2, -0.15) is 0 Å². The van der Waals surface area contributed by atoms with E-state index >= 15 is 0 Å². The molecular weight excluding hydrogens is 295 g/mol. The number of benzene rings is 2. The summed E-state index contributed by atoms with van der Waals surface area (Å²) in [5, 5.41) is 12.2. The summed E-state index contributed by atoms with van der Waals surface area (Å²) >= 11 is 0. The van der Waals surface area contributed by atoms with Crippen molar-refractivity contribution in [2.75, 3.05) is 18.9 Å². The minimum absolute atomic E-state index is 0.0367. The van der Waals surface area contributed by atoms with E-state index in [0.29, 0.717) is 0 Å². The predicted octanol–water partition coefficient (Wildman–Crippen LogP) is 2.95. The summed E-state index contributed by atoms with van der Waals surface area (Å²) in [6, 6.07) is 13.3. The molecule has 23 heavy (non-hydrogen) atoms. The number of likely N-dealkylation sites (N-methyl/N-ethyl adjacent to an activating group) is 1. The molecule has 5 heteroatoms. The number of rotatable bonds is 6. The molecule has 122 valence electrons. The molecule has 0 radical (unpaired) electrons. The molecule has 0 bridgehead atoms. The number of nitrogens with zero attached hydrogens (tertiary/aromatic N) is 1. The van der Waals surface area contributed by atoms with Gasteiger partial charge in [0.05, 0.1) is 19.2 Å². The average molecular weight is 316 g/mol. The fraction of sp³-hybridized carbons (Fsp3) is 0.278. The number of carbonyl (C=O) groups excluding carboxylic acids is 1. The third kappa shape index (κ3) is 4.53. The second kappa shape index (κ2) is 7.74. The number of halogens is 1. The summed E-state index contributed by atoms with van der Waals surface area (Å²) in [5.41, 5.74) is 2.45. The molecule has 1 atom stereocenters. The van der Waals surface area contributed by atoms with Crippen LogP contribution in [-0.2, 0) is 11.4 Å². The van der Waals surface area contributed by atoms with Crippen LogP contribution in [0.3, 0.4) is 0 Å². The van der Waals surface area contributed by atoms with Crippen LogP contribution in [0, 0.1) is 5.82 Å². The minimum Gasteiger partial charge on any atom is -0.392 e. The number of hydrogen-bond donors (Lipinski definition) is 2. The Kier molecular flexibility index (Phi) is 5.71. The van der Waals surface area contributed by atoms with Crippen molar-refractivity contribution in [3.05, 3.63) is 65.5 Å². The topological polar surface area (TPSA) is 52.6 Å². The van der Waals surface area contributed by atoms with Gasteiger partial charge in [-0.15, -0.1) is 0 Å². The molecule has 0 saturated carbocycles. The van der Waals surface area contributed by atoms with Crippen molar-refractivity contribution in [2.24, 2.45) is 0 Å². The molecule has 0 saturated heterocycles. The van der Waals surface area contributed by atoms with Gasteiger partial charge in [-0.3, -0.25) is 4.79 Å². The van der Waals surface area contributed by atoms with Crippen molar-refractivity contribution in [3.8, 4) is 0 Å². The molecule has 2 rings (SSSR count). The number of aliphatic hydroxyl groups is 1. The summed E-state index contributed by atoms with van der Waals surface area (Å²) in [4.78, 5) is 13.9. The van der Waals surface area contributed by atoms with Crippen molar-refractivity contribution in [3.63, 3.8) is 0 Å². The van der Waals surface area contributed by atoms with Crippen molar-refractivity contribution in [2.45, 2.75) is 19.6 Å². The highest BCUT2D eigenvalue weighted by atomic mass is 19.1. The number of nitrogens with one attached hydrogen (secondary N) is 1. The van der Waals surface area contributed by atoms with Gasteiger partial charge in [-0.05, 0) is 42.3 Å². The van der Waals surface area contributed by atoms with Crippen LogP contribution in [0.4, 0.5) is 10.1 Å². The van der Waals surface area contributed by atoms with Gasteiger partial charge in [-0.1, -0.05) is 24.3 Å². The van der Waals surface area contributed by atoms with E-state index in [1.807, 2.05) is 25.1 Å².